The van der Waals surface area contributed by atoms with Gasteiger partial charge in [-0.1, -0.05) is 0 Å². The Balaban J connectivity index is 2.61. The molecule has 0 saturated heterocycles. The number of aliphatic hydroxyl groups is 3. The molecule has 0 bridgehead atoms. The van der Waals surface area contributed by atoms with Crippen LogP contribution >= 0.6 is 11.3 Å². The van der Waals surface area contributed by atoms with E-state index in [-0.39, 0.29) is 13.0 Å². The number of hydrogen-bond acceptors (Lipinski definition) is 5. The van der Waals surface area contributed by atoms with Crippen LogP contribution in [-0.2, 0) is 0 Å². The van der Waals surface area contributed by atoms with Crippen LogP contribution in [0.1, 0.15) is 22.4 Å². The Morgan fingerprint density at radius 3 is 2.69 bits per heavy atom. The molecular weight excluding hydrogens is 190 g/mol. The maximum atomic E-state index is 9.52. The number of rotatable bonds is 4. The molecule has 0 spiro atoms. The van der Waals surface area contributed by atoms with Crippen LogP contribution in [0.25, 0.3) is 0 Å². The van der Waals surface area contributed by atoms with Crippen molar-refractivity contribution in [1.29, 1.82) is 0 Å². The molecule has 74 valence electrons. The average Bonchev–Trinajstić information content (AvgIpc) is 2.51. The molecule has 13 heavy (non-hydrogen) atoms. The number of hydrogen-bond donors (Lipinski definition) is 3. The second-order valence-corrected chi connectivity index (χ2v) is 4.10. The summed E-state index contributed by atoms with van der Waals surface area (Å²) in [5.74, 6) is 0. The third-order valence-corrected chi connectivity index (χ3v) is 2.66. The third kappa shape index (κ3) is 2.73. The molecule has 2 unspecified atom stereocenters. The van der Waals surface area contributed by atoms with Crippen molar-refractivity contribution in [2.24, 2.45) is 0 Å². The van der Waals surface area contributed by atoms with Gasteiger partial charge in [-0.2, -0.15) is 0 Å². The van der Waals surface area contributed by atoms with Crippen LogP contribution in [0, 0.1) is 6.92 Å². The topological polar surface area (TPSA) is 73.6 Å². The molecule has 1 aromatic rings. The van der Waals surface area contributed by atoms with Gasteiger partial charge in [-0.3, -0.25) is 0 Å². The SMILES string of the molecule is Cc1cnc(C(O)C(O)CCO)s1. The highest BCUT2D eigenvalue weighted by Crippen LogP contribution is 2.23. The molecule has 2 atom stereocenters. The molecule has 1 rings (SSSR count). The molecule has 3 N–H and O–H groups in total. The quantitative estimate of drug-likeness (QED) is 0.655. The highest BCUT2D eigenvalue weighted by molar-refractivity contribution is 7.11. The highest BCUT2D eigenvalue weighted by Gasteiger charge is 2.20. The van der Waals surface area contributed by atoms with Gasteiger partial charge in [0.2, 0.25) is 0 Å². The van der Waals surface area contributed by atoms with Crippen molar-refractivity contribution in [2.75, 3.05) is 6.61 Å². The zero-order chi connectivity index (χ0) is 9.84. The lowest BCUT2D eigenvalue weighted by molar-refractivity contribution is 0.00411. The van der Waals surface area contributed by atoms with Crippen molar-refractivity contribution in [3.63, 3.8) is 0 Å². The third-order valence-electron chi connectivity index (χ3n) is 1.68. The molecule has 0 aromatic carbocycles. The minimum Gasteiger partial charge on any atom is -0.396 e. The van der Waals surface area contributed by atoms with E-state index < -0.39 is 12.2 Å². The smallest absolute Gasteiger partial charge is 0.131 e. The lowest BCUT2D eigenvalue weighted by atomic mass is 10.1. The number of aliphatic hydroxyl groups excluding tert-OH is 3. The summed E-state index contributed by atoms with van der Waals surface area (Å²) in [7, 11) is 0. The molecule has 0 aliphatic heterocycles. The summed E-state index contributed by atoms with van der Waals surface area (Å²) in [5.41, 5.74) is 0. The molecule has 0 aliphatic rings. The Labute approximate surface area is 80.5 Å². The van der Waals surface area contributed by atoms with Crippen molar-refractivity contribution in [3.8, 4) is 0 Å². The summed E-state index contributed by atoms with van der Waals surface area (Å²) >= 11 is 1.35. The van der Waals surface area contributed by atoms with Gasteiger partial charge < -0.3 is 15.3 Å². The van der Waals surface area contributed by atoms with Crippen molar-refractivity contribution in [3.05, 3.63) is 16.1 Å². The van der Waals surface area contributed by atoms with Gasteiger partial charge in [0, 0.05) is 17.7 Å². The molecule has 1 heterocycles. The van der Waals surface area contributed by atoms with Gasteiger partial charge in [-0.15, -0.1) is 11.3 Å². The van der Waals surface area contributed by atoms with E-state index in [0.717, 1.165) is 4.88 Å². The Hall–Kier alpha value is -0.490. The average molecular weight is 203 g/mol. The first-order valence-electron chi connectivity index (χ1n) is 4.04. The fourth-order valence-electron chi connectivity index (χ4n) is 0.964. The van der Waals surface area contributed by atoms with Gasteiger partial charge in [0.05, 0.1) is 6.10 Å². The van der Waals surface area contributed by atoms with E-state index in [0.29, 0.717) is 5.01 Å². The first kappa shape index (κ1) is 10.6. The molecule has 0 fully saturated rings. The van der Waals surface area contributed by atoms with Crippen LogP contribution in [-0.4, -0.2) is 33.0 Å². The fourth-order valence-corrected chi connectivity index (χ4v) is 1.78. The van der Waals surface area contributed by atoms with E-state index in [9.17, 15) is 10.2 Å². The maximum Gasteiger partial charge on any atom is 0.131 e. The van der Waals surface area contributed by atoms with Crippen molar-refractivity contribution >= 4 is 11.3 Å². The number of aromatic nitrogens is 1. The second kappa shape index (κ2) is 4.66. The van der Waals surface area contributed by atoms with Crippen LogP contribution in [0.3, 0.4) is 0 Å². The molecule has 0 amide bonds. The zero-order valence-electron chi connectivity index (χ0n) is 7.34. The van der Waals surface area contributed by atoms with Crippen LogP contribution in [0.4, 0.5) is 0 Å². The minimum atomic E-state index is -0.981. The number of thiazole rings is 1. The largest absolute Gasteiger partial charge is 0.396 e. The van der Waals surface area contributed by atoms with E-state index in [2.05, 4.69) is 4.98 Å². The molecule has 1 aromatic heterocycles. The highest BCUT2D eigenvalue weighted by atomic mass is 32.1. The lowest BCUT2D eigenvalue weighted by Crippen LogP contribution is -2.19. The fraction of sp³-hybridized carbons (Fsp3) is 0.625. The maximum absolute atomic E-state index is 9.52. The molecule has 5 heteroatoms. The predicted molar refractivity (Wildman–Crippen MR) is 49.5 cm³/mol. The first-order valence-corrected chi connectivity index (χ1v) is 4.86. The summed E-state index contributed by atoms with van der Waals surface area (Å²) in [6.45, 7) is 1.74. The monoisotopic (exact) mass is 203 g/mol. The van der Waals surface area contributed by atoms with E-state index in [1.54, 1.807) is 6.20 Å². The van der Waals surface area contributed by atoms with Crippen LogP contribution in [0.2, 0.25) is 0 Å². The Morgan fingerprint density at radius 2 is 2.23 bits per heavy atom. The number of nitrogens with zero attached hydrogens (tertiary/aromatic N) is 1. The van der Waals surface area contributed by atoms with Gasteiger partial charge in [-0.05, 0) is 13.3 Å². The van der Waals surface area contributed by atoms with Crippen LogP contribution in [0.5, 0.6) is 0 Å². The summed E-state index contributed by atoms with van der Waals surface area (Å²) in [6.07, 6.45) is -0.101. The lowest BCUT2D eigenvalue weighted by Gasteiger charge is -2.13. The van der Waals surface area contributed by atoms with Gasteiger partial charge in [0.1, 0.15) is 11.1 Å². The van der Waals surface area contributed by atoms with Gasteiger partial charge in [-0.25, -0.2) is 4.98 Å². The molecular formula is C8H13NO3S. The Bertz CT molecular complexity index is 264. The van der Waals surface area contributed by atoms with E-state index >= 15 is 0 Å². The normalized spacial score (nSPS) is 15.7. The van der Waals surface area contributed by atoms with Crippen molar-refractivity contribution < 1.29 is 15.3 Å². The summed E-state index contributed by atoms with van der Waals surface area (Å²) in [4.78, 5) is 4.94. The van der Waals surface area contributed by atoms with E-state index in [4.69, 9.17) is 5.11 Å². The summed E-state index contributed by atoms with van der Waals surface area (Å²) in [5, 5.41) is 27.9. The van der Waals surface area contributed by atoms with Crippen LogP contribution < -0.4 is 0 Å². The molecule has 0 saturated carbocycles. The van der Waals surface area contributed by atoms with Gasteiger partial charge in [0.15, 0.2) is 0 Å². The standard InChI is InChI=1S/C8H13NO3S/c1-5-4-9-8(13-5)7(12)6(11)2-3-10/h4,6-7,10-12H,2-3H2,1H3. The molecule has 4 nitrogen and oxygen atoms in total. The van der Waals surface area contributed by atoms with E-state index in [1.807, 2.05) is 6.92 Å². The minimum absolute atomic E-state index is 0.136. The summed E-state index contributed by atoms with van der Waals surface area (Å²) < 4.78 is 0. The van der Waals surface area contributed by atoms with E-state index in [1.165, 1.54) is 11.3 Å². The van der Waals surface area contributed by atoms with Crippen molar-refractivity contribution in [2.45, 2.75) is 25.6 Å². The van der Waals surface area contributed by atoms with Gasteiger partial charge in [0.25, 0.3) is 0 Å². The van der Waals surface area contributed by atoms with Crippen LogP contribution in [0.15, 0.2) is 6.20 Å². The van der Waals surface area contributed by atoms with Gasteiger partial charge >= 0.3 is 0 Å². The first-order chi connectivity index (χ1) is 6.15. The zero-order valence-corrected chi connectivity index (χ0v) is 8.16. The Kier molecular flexibility index (Phi) is 3.80. The summed E-state index contributed by atoms with van der Waals surface area (Å²) in [6, 6.07) is 0. The number of aryl methyl sites for hydroxylation is 1. The molecule has 0 aliphatic carbocycles. The molecule has 0 radical (unpaired) electrons. The second-order valence-electron chi connectivity index (χ2n) is 2.83. The Morgan fingerprint density at radius 1 is 1.54 bits per heavy atom. The predicted octanol–water partition coefficient (Wildman–Crippen LogP) is 0.228. The van der Waals surface area contributed by atoms with Crippen molar-refractivity contribution in [1.82, 2.24) is 4.98 Å².